The minimum Gasteiger partial charge on any atom is -0.355 e. The fourth-order valence-electron chi connectivity index (χ4n) is 6.17. The van der Waals surface area contributed by atoms with Gasteiger partial charge in [0.05, 0.1) is 6.54 Å². The van der Waals surface area contributed by atoms with Gasteiger partial charge in [0.15, 0.2) is 0 Å². The lowest BCUT2D eigenvalue weighted by molar-refractivity contribution is -0.131. The Balaban J connectivity index is 1.09. The standard InChI is InChI=1S/C23H31FN2O2S/c24-19-2-4-20(5-3-19)29-7-1-6-25-22(28)15-26-21(27)14-23-11-16-8-17(12-23)10-18(9-16)13-23/h2-5,16-18H,1,6-15H2,(H,25,28)(H,26,27). The smallest absolute Gasteiger partial charge is 0.239 e. The van der Waals surface area contributed by atoms with Gasteiger partial charge in [-0.2, -0.15) is 0 Å². The van der Waals surface area contributed by atoms with Crippen LogP contribution in [0.1, 0.15) is 51.4 Å². The lowest BCUT2D eigenvalue weighted by atomic mass is 9.49. The second-order valence-corrected chi connectivity index (χ2v) is 10.5. The molecule has 0 saturated heterocycles. The first-order chi connectivity index (χ1) is 14.0. The number of rotatable bonds is 9. The zero-order valence-electron chi connectivity index (χ0n) is 16.9. The van der Waals surface area contributed by atoms with Gasteiger partial charge in [0.2, 0.25) is 11.8 Å². The molecule has 0 spiro atoms. The Kier molecular flexibility index (Phi) is 6.47. The lowest BCUT2D eigenvalue weighted by Crippen LogP contribution is -2.48. The van der Waals surface area contributed by atoms with Crippen molar-refractivity contribution in [3.05, 3.63) is 30.1 Å². The summed E-state index contributed by atoms with van der Waals surface area (Å²) in [6.45, 7) is 0.647. The minimum absolute atomic E-state index is 0.0361. The third-order valence-corrected chi connectivity index (χ3v) is 7.97. The van der Waals surface area contributed by atoms with Gasteiger partial charge in [-0.3, -0.25) is 9.59 Å². The van der Waals surface area contributed by atoms with Gasteiger partial charge in [-0.15, -0.1) is 11.8 Å². The molecule has 1 aromatic rings. The topological polar surface area (TPSA) is 58.2 Å². The average molecular weight is 419 g/mol. The summed E-state index contributed by atoms with van der Waals surface area (Å²) < 4.78 is 12.9. The highest BCUT2D eigenvalue weighted by atomic mass is 32.2. The van der Waals surface area contributed by atoms with Crippen LogP contribution in [0.25, 0.3) is 0 Å². The number of amides is 2. The van der Waals surface area contributed by atoms with Crippen LogP contribution in [0, 0.1) is 29.0 Å². The third-order valence-electron chi connectivity index (χ3n) is 6.87. The lowest BCUT2D eigenvalue weighted by Gasteiger charge is -2.56. The van der Waals surface area contributed by atoms with Gasteiger partial charge in [-0.05, 0) is 98.1 Å². The Morgan fingerprint density at radius 3 is 2.21 bits per heavy atom. The van der Waals surface area contributed by atoms with Gasteiger partial charge in [0, 0.05) is 17.9 Å². The molecule has 0 aromatic heterocycles. The maximum Gasteiger partial charge on any atom is 0.239 e. The summed E-state index contributed by atoms with van der Waals surface area (Å²) in [5.74, 6) is 3.04. The van der Waals surface area contributed by atoms with Crippen LogP contribution in [0.3, 0.4) is 0 Å². The summed E-state index contributed by atoms with van der Waals surface area (Å²) in [6.07, 6.45) is 9.19. The van der Waals surface area contributed by atoms with Crippen LogP contribution in [0.5, 0.6) is 0 Å². The molecule has 4 aliphatic carbocycles. The number of thioether (sulfide) groups is 1. The Bertz CT molecular complexity index is 702. The Morgan fingerprint density at radius 2 is 1.59 bits per heavy atom. The van der Waals surface area contributed by atoms with Crippen molar-refractivity contribution in [1.82, 2.24) is 10.6 Å². The number of halogens is 1. The summed E-state index contributed by atoms with van der Waals surface area (Å²) in [5.41, 5.74) is 0.215. The van der Waals surface area contributed by atoms with E-state index >= 15 is 0 Å². The van der Waals surface area contributed by atoms with Crippen molar-refractivity contribution in [2.45, 2.75) is 56.3 Å². The summed E-state index contributed by atoms with van der Waals surface area (Å²) in [5, 5.41) is 5.70. The molecule has 0 unspecified atom stereocenters. The minimum atomic E-state index is -0.230. The van der Waals surface area contributed by atoms with Crippen LogP contribution in [0.2, 0.25) is 0 Å². The van der Waals surface area contributed by atoms with E-state index in [9.17, 15) is 14.0 Å². The molecule has 4 nitrogen and oxygen atoms in total. The van der Waals surface area contributed by atoms with Crippen LogP contribution >= 0.6 is 11.8 Å². The molecule has 0 heterocycles. The van der Waals surface area contributed by atoms with E-state index in [-0.39, 0.29) is 29.6 Å². The maximum absolute atomic E-state index is 12.9. The first-order valence-corrected chi connectivity index (χ1v) is 11.9. The van der Waals surface area contributed by atoms with E-state index in [4.69, 9.17) is 0 Å². The molecule has 4 aliphatic rings. The van der Waals surface area contributed by atoms with E-state index in [1.165, 1.54) is 50.7 Å². The van der Waals surface area contributed by atoms with E-state index in [0.717, 1.165) is 34.8 Å². The van der Waals surface area contributed by atoms with Crippen molar-refractivity contribution in [1.29, 1.82) is 0 Å². The zero-order chi connectivity index (χ0) is 20.3. The molecule has 4 fully saturated rings. The summed E-state index contributed by atoms with van der Waals surface area (Å²) in [7, 11) is 0. The SMILES string of the molecule is O=C(CNC(=O)CC12CC3CC(CC(C3)C1)C2)NCCCSc1ccc(F)cc1. The van der Waals surface area contributed by atoms with E-state index in [1.54, 1.807) is 23.9 Å². The first-order valence-electron chi connectivity index (χ1n) is 10.9. The van der Waals surface area contributed by atoms with Gasteiger partial charge < -0.3 is 10.6 Å². The van der Waals surface area contributed by atoms with E-state index < -0.39 is 0 Å². The predicted molar refractivity (Wildman–Crippen MR) is 113 cm³/mol. The van der Waals surface area contributed by atoms with Crippen molar-refractivity contribution in [2.75, 3.05) is 18.8 Å². The molecule has 0 aliphatic heterocycles. The quantitative estimate of drug-likeness (QED) is 0.468. The van der Waals surface area contributed by atoms with Gasteiger partial charge in [0.25, 0.3) is 0 Å². The number of carbonyl (C=O) groups is 2. The van der Waals surface area contributed by atoms with E-state index in [0.29, 0.717) is 13.0 Å². The van der Waals surface area contributed by atoms with Crippen LogP contribution < -0.4 is 10.6 Å². The van der Waals surface area contributed by atoms with Crippen LogP contribution in [0.15, 0.2) is 29.2 Å². The molecule has 1 aromatic carbocycles. The highest BCUT2D eigenvalue weighted by molar-refractivity contribution is 7.99. The highest BCUT2D eigenvalue weighted by Gasteiger charge is 2.51. The highest BCUT2D eigenvalue weighted by Crippen LogP contribution is 2.61. The van der Waals surface area contributed by atoms with E-state index in [2.05, 4.69) is 10.6 Å². The normalized spacial score (nSPS) is 29.6. The molecule has 2 amide bonds. The predicted octanol–water partition coefficient (Wildman–Crippen LogP) is 4.15. The average Bonchev–Trinajstić information content (AvgIpc) is 2.66. The van der Waals surface area contributed by atoms with Gasteiger partial charge in [-0.25, -0.2) is 4.39 Å². The fourth-order valence-corrected chi connectivity index (χ4v) is 7.02. The monoisotopic (exact) mass is 418 g/mol. The van der Waals surface area contributed by atoms with Crippen LogP contribution in [-0.2, 0) is 9.59 Å². The number of benzene rings is 1. The van der Waals surface area contributed by atoms with Crippen LogP contribution in [-0.4, -0.2) is 30.7 Å². The summed E-state index contributed by atoms with van der Waals surface area (Å²) in [4.78, 5) is 25.5. The largest absolute Gasteiger partial charge is 0.355 e. The Hall–Kier alpha value is -1.56. The summed E-state index contributed by atoms with van der Waals surface area (Å²) in [6, 6.07) is 6.43. The summed E-state index contributed by atoms with van der Waals surface area (Å²) >= 11 is 1.64. The van der Waals surface area contributed by atoms with Gasteiger partial charge in [0.1, 0.15) is 5.82 Å². The molecule has 29 heavy (non-hydrogen) atoms. The maximum atomic E-state index is 12.9. The Morgan fingerprint density at radius 1 is 0.966 bits per heavy atom. The molecule has 5 rings (SSSR count). The Labute approximate surface area is 176 Å². The second kappa shape index (κ2) is 9.07. The molecule has 6 heteroatoms. The number of carbonyl (C=O) groups excluding carboxylic acids is 2. The fraction of sp³-hybridized carbons (Fsp3) is 0.652. The number of nitrogens with one attached hydrogen (secondary N) is 2. The van der Waals surface area contributed by atoms with Crippen LogP contribution in [0.4, 0.5) is 4.39 Å². The molecule has 0 atom stereocenters. The number of hydrogen-bond donors (Lipinski definition) is 2. The molecular formula is C23H31FN2O2S. The molecule has 4 bridgehead atoms. The molecule has 0 radical (unpaired) electrons. The van der Waals surface area contributed by atoms with Gasteiger partial charge >= 0.3 is 0 Å². The molecule has 4 saturated carbocycles. The molecule has 158 valence electrons. The second-order valence-electron chi connectivity index (χ2n) is 9.38. The van der Waals surface area contributed by atoms with Crippen molar-refractivity contribution in [2.24, 2.45) is 23.2 Å². The van der Waals surface area contributed by atoms with E-state index in [1.807, 2.05) is 0 Å². The zero-order valence-corrected chi connectivity index (χ0v) is 17.7. The number of hydrogen-bond acceptors (Lipinski definition) is 3. The van der Waals surface area contributed by atoms with Crippen molar-refractivity contribution < 1.29 is 14.0 Å². The first kappa shape index (κ1) is 20.7. The van der Waals surface area contributed by atoms with Crippen molar-refractivity contribution in [3.63, 3.8) is 0 Å². The van der Waals surface area contributed by atoms with Gasteiger partial charge in [-0.1, -0.05) is 0 Å². The van der Waals surface area contributed by atoms with Crippen molar-refractivity contribution >= 4 is 23.6 Å². The third kappa shape index (κ3) is 5.53. The van der Waals surface area contributed by atoms with Crippen molar-refractivity contribution in [3.8, 4) is 0 Å². The molecular weight excluding hydrogens is 387 g/mol. The molecule has 2 N–H and O–H groups in total.